The highest BCUT2D eigenvalue weighted by atomic mass is 16.5. The summed E-state index contributed by atoms with van der Waals surface area (Å²) < 4.78 is 11.2. The number of H-pyrrole nitrogens is 1. The van der Waals surface area contributed by atoms with Gasteiger partial charge in [-0.05, 0) is 53.1 Å². The average Bonchev–Trinajstić information content (AvgIpc) is 3.19. The summed E-state index contributed by atoms with van der Waals surface area (Å²) >= 11 is 0. The summed E-state index contributed by atoms with van der Waals surface area (Å²) in [5.74, 6) is 1.44. The van der Waals surface area contributed by atoms with Gasteiger partial charge in [-0.25, -0.2) is 0 Å². The molecule has 7 heteroatoms. The van der Waals surface area contributed by atoms with E-state index in [0.29, 0.717) is 30.8 Å². The Balaban J connectivity index is 1.34. The predicted molar refractivity (Wildman–Crippen MR) is 122 cm³/mol. The van der Waals surface area contributed by atoms with Crippen LogP contribution in [0.15, 0.2) is 65.7 Å². The highest BCUT2D eigenvalue weighted by molar-refractivity contribution is 5.99. The summed E-state index contributed by atoms with van der Waals surface area (Å²) in [4.78, 5) is 31.2. The lowest BCUT2D eigenvalue weighted by Gasteiger charge is -2.10. The number of nitrogens with one attached hydrogen (secondary N) is 2. The van der Waals surface area contributed by atoms with E-state index in [4.69, 9.17) is 9.47 Å². The van der Waals surface area contributed by atoms with Gasteiger partial charge in [0.15, 0.2) is 0 Å². The van der Waals surface area contributed by atoms with Crippen molar-refractivity contribution < 1.29 is 14.3 Å². The summed E-state index contributed by atoms with van der Waals surface area (Å²) in [6.07, 6.45) is 4.22. The zero-order chi connectivity index (χ0) is 22.1. The SMILES string of the molecule is COc1ccc2c(OCCc3cc(-c4ccc5c(c4)CC(=O)N5)c[nH]c3=O)ccnc2c1. The molecule has 0 atom stereocenters. The third-order valence-corrected chi connectivity index (χ3v) is 5.58. The molecule has 0 radical (unpaired) electrons. The third-order valence-electron chi connectivity index (χ3n) is 5.58. The maximum atomic E-state index is 12.4. The van der Waals surface area contributed by atoms with Crippen LogP contribution in [0.5, 0.6) is 11.5 Å². The lowest BCUT2D eigenvalue weighted by atomic mass is 10.0. The molecule has 1 amide bonds. The number of hydrogen-bond donors (Lipinski definition) is 2. The van der Waals surface area contributed by atoms with Gasteiger partial charge in [-0.2, -0.15) is 0 Å². The molecule has 0 unspecified atom stereocenters. The topological polar surface area (TPSA) is 93.3 Å². The number of aromatic nitrogens is 2. The minimum Gasteiger partial charge on any atom is -0.497 e. The number of carbonyl (C=O) groups is 1. The predicted octanol–water partition coefficient (Wildman–Crippen LogP) is 3.71. The van der Waals surface area contributed by atoms with Crippen molar-refractivity contribution in [3.63, 3.8) is 0 Å². The Morgan fingerprint density at radius 1 is 1.03 bits per heavy atom. The van der Waals surface area contributed by atoms with Gasteiger partial charge in [-0.3, -0.25) is 14.6 Å². The molecule has 32 heavy (non-hydrogen) atoms. The summed E-state index contributed by atoms with van der Waals surface area (Å²) in [6, 6.07) is 15.2. The maximum absolute atomic E-state index is 12.4. The second kappa shape index (κ2) is 8.19. The molecule has 5 rings (SSSR count). The van der Waals surface area contributed by atoms with Crippen molar-refractivity contribution in [2.45, 2.75) is 12.8 Å². The fraction of sp³-hybridized carbons (Fsp3) is 0.160. The smallest absolute Gasteiger partial charge is 0.251 e. The van der Waals surface area contributed by atoms with Crippen molar-refractivity contribution in [1.82, 2.24) is 9.97 Å². The third kappa shape index (κ3) is 3.80. The molecular formula is C25H21N3O4. The van der Waals surface area contributed by atoms with Crippen LogP contribution in [0.2, 0.25) is 0 Å². The first-order valence-electron chi connectivity index (χ1n) is 10.3. The molecule has 160 valence electrons. The van der Waals surface area contributed by atoms with E-state index in [1.54, 1.807) is 19.5 Å². The summed E-state index contributed by atoms with van der Waals surface area (Å²) in [5.41, 5.74) is 4.93. The average molecular weight is 427 g/mol. The van der Waals surface area contributed by atoms with Crippen molar-refractivity contribution >= 4 is 22.5 Å². The second-order valence-corrected chi connectivity index (χ2v) is 7.63. The normalized spacial score (nSPS) is 12.5. The van der Waals surface area contributed by atoms with E-state index in [-0.39, 0.29) is 11.5 Å². The van der Waals surface area contributed by atoms with Crippen molar-refractivity contribution in [1.29, 1.82) is 0 Å². The minimum atomic E-state index is -0.139. The number of anilines is 1. The monoisotopic (exact) mass is 427 g/mol. The Morgan fingerprint density at radius 3 is 2.81 bits per heavy atom. The van der Waals surface area contributed by atoms with Crippen LogP contribution >= 0.6 is 0 Å². The summed E-state index contributed by atoms with van der Waals surface area (Å²) in [6.45, 7) is 0.348. The van der Waals surface area contributed by atoms with E-state index >= 15 is 0 Å². The molecule has 4 aromatic rings. The largest absolute Gasteiger partial charge is 0.497 e. The van der Waals surface area contributed by atoms with Crippen LogP contribution in [0.25, 0.3) is 22.0 Å². The molecule has 0 bridgehead atoms. The van der Waals surface area contributed by atoms with Crippen molar-refractivity contribution in [2.75, 3.05) is 19.0 Å². The number of rotatable bonds is 6. The van der Waals surface area contributed by atoms with Crippen LogP contribution in [0.4, 0.5) is 5.69 Å². The van der Waals surface area contributed by atoms with Crippen molar-refractivity contribution in [3.05, 3.63) is 82.4 Å². The highest BCUT2D eigenvalue weighted by Crippen LogP contribution is 2.29. The molecule has 1 aliphatic heterocycles. The summed E-state index contributed by atoms with van der Waals surface area (Å²) in [7, 11) is 1.62. The number of ether oxygens (including phenoxy) is 2. The van der Waals surface area contributed by atoms with E-state index in [0.717, 1.165) is 39.0 Å². The minimum absolute atomic E-state index is 0.00136. The van der Waals surface area contributed by atoms with Crippen LogP contribution in [0, 0.1) is 0 Å². The molecule has 7 nitrogen and oxygen atoms in total. The molecule has 2 aromatic carbocycles. The number of hydrogen-bond acceptors (Lipinski definition) is 5. The maximum Gasteiger partial charge on any atom is 0.251 e. The van der Waals surface area contributed by atoms with Gasteiger partial charge in [0.25, 0.3) is 5.56 Å². The van der Waals surface area contributed by atoms with Gasteiger partial charge >= 0.3 is 0 Å². The highest BCUT2D eigenvalue weighted by Gasteiger charge is 2.18. The lowest BCUT2D eigenvalue weighted by Crippen LogP contribution is -2.15. The van der Waals surface area contributed by atoms with Gasteiger partial charge in [-0.15, -0.1) is 0 Å². The zero-order valence-corrected chi connectivity index (χ0v) is 17.5. The Morgan fingerprint density at radius 2 is 1.94 bits per heavy atom. The number of fused-ring (bicyclic) bond motifs is 2. The number of benzene rings is 2. The number of aromatic amines is 1. The van der Waals surface area contributed by atoms with Gasteiger partial charge in [-0.1, -0.05) is 6.07 Å². The molecular weight excluding hydrogens is 406 g/mol. The Bertz CT molecular complexity index is 1390. The fourth-order valence-electron chi connectivity index (χ4n) is 3.92. The number of pyridine rings is 2. The number of methoxy groups -OCH3 is 1. The van der Waals surface area contributed by atoms with Crippen LogP contribution in [-0.2, 0) is 17.6 Å². The van der Waals surface area contributed by atoms with Crippen LogP contribution in [-0.4, -0.2) is 29.6 Å². The van der Waals surface area contributed by atoms with Gasteiger partial charge in [0.1, 0.15) is 11.5 Å². The quantitative estimate of drug-likeness (QED) is 0.489. The standard InChI is InChI=1S/C25H21N3O4/c1-31-19-3-4-20-22(13-19)26-8-6-23(20)32-9-7-16-11-18(14-27-25(16)30)15-2-5-21-17(10-15)12-24(29)28-21/h2-6,8,10-11,13-14H,7,9,12H2,1H3,(H,27,30)(H,28,29). The van der Waals surface area contributed by atoms with E-state index in [1.165, 1.54) is 0 Å². The Kier molecular flexibility index (Phi) is 5.07. The molecule has 1 aliphatic rings. The Hall–Kier alpha value is -4.13. The molecule has 0 saturated carbocycles. The van der Waals surface area contributed by atoms with E-state index in [1.807, 2.05) is 48.5 Å². The first-order chi connectivity index (χ1) is 15.6. The number of amides is 1. The van der Waals surface area contributed by atoms with Gasteiger partial charge in [0, 0.05) is 41.5 Å². The van der Waals surface area contributed by atoms with E-state index in [9.17, 15) is 9.59 Å². The summed E-state index contributed by atoms with van der Waals surface area (Å²) in [5, 5.41) is 3.72. The van der Waals surface area contributed by atoms with E-state index in [2.05, 4.69) is 15.3 Å². The molecule has 0 aliphatic carbocycles. The lowest BCUT2D eigenvalue weighted by molar-refractivity contribution is -0.115. The second-order valence-electron chi connectivity index (χ2n) is 7.63. The van der Waals surface area contributed by atoms with Gasteiger partial charge < -0.3 is 19.8 Å². The van der Waals surface area contributed by atoms with Crippen molar-refractivity contribution in [2.24, 2.45) is 0 Å². The molecule has 3 heterocycles. The van der Waals surface area contributed by atoms with Crippen LogP contribution < -0.4 is 20.3 Å². The molecule has 0 fully saturated rings. The van der Waals surface area contributed by atoms with Crippen LogP contribution in [0.3, 0.4) is 0 Å². The van der Waals surface area contributed by atoms with Crippen LogP contribution in [0.1, 0.15) is 11.1 Å². The first kappa shape index (κ1) is 19.8. The molecule has 2 N–H and O–H groups in total. The van der Waals surface area contributed by atoms with E-state index < -0.39 is 0 Å². The first-order valence-corrected chi connectivity index (χ1v) is 10.3. The molecule has 0 saturated heterocycles. The molecule has 0 spiro atoms. The number of nitrogens with zero attached hydrogens (tertiary/aromatic N) is 1. The Labute approximate surface area is 184 Å². The zero-order valence-electron chi connectivity index (χ0n) is 17.5. The van der Waals surface area contributed by atoms with Crippen molar-refractivity contribution in [3.8, 4) is 22.6 Å². The van der Waals surface area contributed by atoms with Gasteiger partial charge in [0.2, 0.25) is 5.91 Å². The molecule has 2 aromatic heterocycles. The fourth-order valence-corrected chi connectivity index (χ4v) is 3.92. The number of carbonyl (C=O) groups excluding carboxylic acids is 1. The van der Waals surface area contributed by atoms with Gasteiger partial charge in [0.05, 0.1) is 25.7 Å².